The second-order valence-corrected chi connectivity index (χ2v) is 32.4. The van der Waals surface area contributed by atoms with Gasteiger partial charge in [0.05, 0.1) is 22.1 Å². The minimum atomic E-state index is -0.308. The van der Waals surface area contributed by atoms with Gasteiger partial charge in [-0.2, -0.15) is 0 Å². The average molecular weight is 1480 g/mol. The van der Waals surface area contributed by atoms with Crippen LogP contribution in [0.2, 0.25) is 0 Å². The zero-order chi connectivity index (χ0) is 77.3. The number of nitrogens with zero attached hydrogens (tertiary/aromatic N) is 4. The van der Waals surface area contributed by atoms with Gasteiger partial charge in [-0.15, -0.1) is 0 Å². The molecule has 4 nitrogen and oxygen atoms in total. The monoisotopic (exact) mass is 1480 g/mol. The normalized spacial score (nSPS) is 13.0. The third-order valence-electron chi connectivity index (χ3n) is 25.1. The second kappa shape index (κ2) is 27.1. The summed E-state index contributed by atoms with van der Waals surface area (Å²) in [6.45, 7) is 9.54. The van der Waals surface area contributed by atoms with Gasteiger partial charge in [0, 0.05) is 77.9 Å². The van der Waals surface area contributed by atoms with E-state index >= 15 is 0 Å². The van der Waals surface area contributed by atoms with E-state index in [4.69, 9.17) is 0 Å². The summed E-state index contributed by atoms with van der Waals surface area (Å²) in [5, 5.41) is 7.33. The summed E-state index contributed by atoms with van der Waals surface area (Å²) in [5.41, 5.74) is 38.0. The van der Waals surface area contributed by atoms with E-state index in [0.717, 1.165) is 56.6 Å². The van der Waals surface area contributed by atoms with E-state index in [-0.39, 0.29) is 10.8 Å². The van der Waals surface area contributed by atoms with Crippen LogP contribution in [0.3, 0.4) is 0 Å². The maximum absolute atomic E-state index is 2.47. The molecule has 18 aromatic carbocycles. The third-order valence-corrected chi connectivity index (χ3v) is 25.1. The summed E-state index contributed by atoms with van der Waals surface area (Å²) < 4.78 is 4.84. The van der Waals surface area contributed by atoms with Gasteiger partial charge in [0.15, 0.2) is 0 Å². The van der Waals surface area contributed by atoms with Crippen molar-refractivity contribution in [2.45, 2.75) is 38.5 Å². The molecular formula is C112H80N4. The molecule has 2 aliphatic carbocycles. The molecule has 0 unspecified atom stereocenters. The molecule has 0 aliphatic heterocycles. The molecular weight excluding hydrogens is 1400 g/mol. The fourth-order valence-corrected chi connectivity index (χ4v) is 19.2. The van der Waals surface area contributed by atoms with Crippen LogP contribution in [0, 0.1) is 0 Å². The molecule has 0 bridgehead atoms. The first-order valence-electron chi connectivity index (χ1n) is 40.4. The largest absolute Gasteiger partial charge is 0.310 e. The van der Waals surface area contributed by atoms with Crippen LogP contribution in [0.15, 0.2) is 413 Å². The zero-order valence-corrected chi connectivity index (χ0v) is 65.0. The van der Waals surface area contributed by atoms with Crippen molar-refractivity contribution >= 4 is 88.5 Å². The van der Waals surface area contributed by atoms with Gasteiger partial charge in [-0.1, -0.05) is 295 Å². The molecule has 548 valence electrons. The van der Waals surface area contributed by atoms with Gasteiger partial charge in [-0.25, -0.2) is 0 Å². The lowest BCUT2D eigenvalue weighted by molar-refractivity contribution is 0.660. The van der Waals surface area contributed by atoms with Crippen molar-refractivity contribution in [3.8, 4) is 100 Å². The molecule has 0 saturated carbocycles. The van der Waals surface area contributed by atoms with Gasteiger partial charge in [-0.05, 0) is 268 Å². The van der Waals surface area contributed by atoms with E-state index in [9.17, 15) is 0 Å². The highest BCUT2D eigenvalue weighted by molar-refractivity contribution is 6.13. The van der Waals surface area contributed by atoms with E-state index in [2.05, 4.69) is 459 Å². The van der Waals surface area contributed by atoms with Crippen LogP contribution in [0.4, 0.5) is 34.1 Å². The van der Waals surface area contributed by atoms with E-state index in [1.807, 2.05) is 0 Å². The van der Waals surface area contributed by atoms with Gasteiger partial charge in [0.2, 0.25) is 0 Å². The maximum atomic E-state index is 2.47. The van der Waals surface area contributed by atoms with Gasteiger partial charge in [0.25, 0.3) is 0 Å². The Morgan fingerprint density at radius 1 is 0.190 bits per heavy atom. The molecule has 116 heavy (non-hydrogen) atoms. The standard InChI is InChI=1S/C112H80N4/c1-111(2)102-38-18-16-35-95(102)96-61-58-92(71-104(96)111)113(88-51-41-75(42-52-88)73-23-8-5-9-24-73)89-53-43-76(44-54-89)78-27-21-30-81(66-78)84-50-64-108-101(69-84)98-60-48-85(70-109(98)116(108)87-33-12-7-13-34-87)94-37-22-39-103-110(94)99-62-59-93(72-105(99)112(103,3)4)114(91-57-47-74-25-14-15-26-82(74)67-91)90-55-45-77(46-56-90)79-28-20-29-80(65-79)83-49-63-107-100(68-83)97-36-17-19-40-106(97)115(107)86-31-10-6-11-32-86/h5-72H,1-4H3. The van der Waals surface area contributed by atoms with E-state index < -0.39 is 0 Å². The van der Waals surface area contributed by atoms with Crippen LogP contribution in [0.1, 0.15) is 49.9 Å². The Kier molecular flexibility index (Phi) is 15.9. The summed E-state index contributed by atoms with van der Waals surface area (Å²) in [4.78, 5) is 4.86. The predicted octanol–water partition coefficient (Wildman–Crippen LogP) is 30.6. The minimum Gasteiger partial charge on any atom is -0.310 e. The van der Waals surface area contributed by atoms with Crippen LogP contribution in [0.5, 0.6) is 0 Å². The summed E-state index contributed by atoms with van der Waals surface area (Å²) >= 11 is 0. The number of anilines is 6. The maximum Gasteiger partial charge on any atom is 0.0547 e. The zero-order valence-electron chi connectivity index (χ0n) is 65.0. The Bertz CT molecular complexity index is 7290. The molecule has 0 amide bonds. The lowest BCUT2D eigenvalue weighted by Crippen LogP contribution is -2.16. The van der Waals surface area contributed by atoms with Crippen LogP contribution >= 0.6 is 0 Å². The molecule has 0 atom stereocenters. The highest BCUT2D eigenvalue weighted by atomic mass is 15.1. The molecule has 0 fully saturated rings. The topological polar surface area (TPSA) is 16.3 Å². The summed E-state index contributed by atoms with van der Waals surface area (Å²) in [5.74, 6) is 0. The van der Waals surface area contributed by atoms with Gasteiger partial charge < -0.3 is 18.9 Å². The molecule has 0 saturated heterocycles. The quantitative estimate of drug-likeness (QED) is 0.108. The smallest absolute Gasteiger partial charge is 0.0547 e. The number of benzene rings is 18. The van der Waals surface area contributed by atoms with Crippen molar-refractivity contribution in [1.82, 2.24) is 9.13 Å². The first-order valence-corrected chi connectivity index (χ1v) is 40.4. The van der Waals surface area contributed by atoms with Crippen molar-refractivity contribution in [3.05, 3.63) is 435 Å². The van der Waals surface area contributed by atoms with Gasteiger partial charge in [0.1, 0.15) is 0 Å². The summed E-state index contributed by atoms with van der Waals surface area (Å²) in [7, 11) is 0. The third kappa shape index (κ3) is 11.3. The average Bonchev–Trinajstić information content (AvgIpc) is 1.57. The Hall–Kier alpha value is -14.6. The van der Waals surface area contributed by atoms with E-state index in [1.165, 1.54) is 155 Å². The first kappa shape index (κ1) is 68.2. The van der Waals surface area contributed by atoms with Crippen molar-refractivity contribution in [1.29, 1.82) is 0 Å². The number of para-hydroxylation sites is 3. The Morgan fingerprint density at radius 2 is 0.560 bits per heavy atom. The second-order valence-electron chi connectivity index (χ2n) is 32.4. The summed E-state index contributed by atoms with van der Waals surface area (Å²) in [6.07, 6.45) is 0. The Morgan fingerprint density at radius 3 is 1.17 bits per heavy atom. The number of hydrogen-bond acceptors (Lipinski definition) is 2. The molecule has 0 spiro atoms. The number of hydrogen-bond donors (Lipinski definition) is 0. The number of aromatic nitrogens is 2. The van der Waals surface area contributed by atoms with E-state index in [1.54, 1.807) is 0 Å². The van der Waals surface area contributed by atoms with E-state index in [0.29, 0.717) is 0 Å². The van der Waals surface area contributed by atoms with Crippen molar-refractivity contribution in [3.63, 3.8) is 0 Å². The summed E-state index contributed by atoms with van der Waals surface area (Å²) in [6, 6.07) is 153. The molecule has 22 rings (SSSR count). The number of fused-ring (bicyclic) bond motifs is 13. The van der Waals surface area contributed by atoms with Crippen LogP contribution in [-0.4, -0.2) is 9.13 Å². The van der Waals surface area contributed by atoms with Gasteiger partial charge >= 0.3 is 0 Å². The molecule has 2 heterocycles. The molecule has 2 aromatic heterocycles. The fraction of sp³-hybridized carbons (Fsp3) is 0.0536. The minimum absolute atomic E-state index is 0.135. The van der Waals surface area contributed by atoms with Crippen molar-refractivity contribution in [2.24, 2.45) is 0 Å². The Balaban J connectivity index is 0.587. The molecule has 2 aliphatic rings. The molecule has 0 N–H and O–H groups in total. The fourth-order valence-electron chi connectivity index (χ4n) is 19.2. The van der Waals surface area contributed by atoms with Crippen LogP contribution in [0.25, 0.3) is 155 Å². The lowest BCUT2D eigenvalue weighted by Gasteiger charge is -2.28. The highest BCUT2D eigenvalue weighted by Crippen LogP contribution is 2.56. The van der Waals surface area contributed by atoms with Crippen LogP contribution < -0.4 is 9.80 Å². The van der Waals surface area contributed by atoms with Crippen molar-refractivity contribution in [2.75, 3.05) is 9.80 Å². The first-order chi connectivity index (χ1) is 57.0. The van der Waals surface area contributed by atoms with Crippen molar-refractivity contribution < 1.29 is 0 Å². The van der Waals surface area contributed by atoms with Gasteiger partial charge in [-0.3, -0.25) is 0 Å². The molecule has 4 heteroatoms. The Labute approximate surface area is 676 Å². The predicted molar refractivity (Wildman–Crippen MR) is 490 cm³/mol. The highest BCUT2D eigenvalue weighted by Gasteiger charge is 2.39. The molecule has 20 aromatic rings. The molecule has 0 radical (unpaired) electrons. The number of rotatable bonds is 14. The van der Waals surface area contributed by atoms with Crippen LogP contribution in [-0.2, 0) is 10.8 Å². The lowest BCUT2D eigenvalue weighted by atomic mass is 9.81. The SMILES string of the molecule is CC1(C)c2ccccc2-c2ccc(N(c3ccc(-c4ccccc4)cc3)c3ccc(-c4cccc(-c5ccc6c(c5)c5ccc(-c7cccc8c7-c7ccc(N(c9ccc(-c%10cccc(-c%11ccc%12c(c%11)c%11ccccc%11n%12-c%11ccccc%11)c%10)cc9)c9ccc%10ccccc%10c9)cc7C8(C)C)cc5n6-c5ccccc5)c4)cc3)cc21.